The molecule has 0 unspecified atom stereocenters. The summed E-state index contributed by atoms with van der Waals surface area (Å²) >= 11 is 4.69. The molecule has 112 valence electrons. The molecule has 1 saturated heterocycles. The van der Waals surface area contributed by atoms with Crippen molar-refractivity contribution >= 4 is 43.7 Å². The van der Waals surface area contributed by atoms with Gasteiger partial charge in [-0.2, -0.15) is 16.1 Å². The third-order valence-electron chi connectivity index (χ3n) is 2.87. The Morgan fingerprint density at radius 1 is 1.55 bits per heavy atom. The lowest BCUT2D eigenvalue weighted by Gasteiger charge is -2.36. The maximum atomic E-state index is 12.6. The van der Waals surface area contributed by atoms with Gasteiger partial charge in [0.1, 0.15) is 4.90 Å². The Morgan fingerprint density at radius 3 is 2.70 bits per heavy atom. The fraction of sp³-hybridized carbons (Fsp3) is 0.545. The molecule has 6 nitrogen and oxygen atoms in total. The molecule has 1 aliphatic rings. The Balaban J connectivity index is 2.37. The summed E-state index contributed by atoms with van der Waals surface area (Å²) in [5, 5.41) is 8.86. The minimum absolute atomic E-state index is 0.0778. The van der Waals surface area contributed by atoms with Crippen molar-refractivity contribution in [2.75, 3.05) is 18.8 Å². The average molecular weight is 384 g/mol. The van der Waals surface area contributed by atoms with Gasteiger partial charge < -0.3 is 9.52 Å². The molecule has 0 bridgehead atoms. The summed E-state index contributed by atoms with van der Waals surface area (Å²) in [6.45, 7) is 4.73. The zero-order valence-corrected chi connectivity index (χ0v) is 14.1. The Hall–Kier alpha value is -0.510. The maximum absolute atomic E-state index is 12.6. The van der Waals surface area contributed by atoms with Gasteiger partial charge in [-0.1, -0.05) is 0 Å². The standard InChI is InChI=1S/C11H14BrNO5S2/c1-11(2)6-13(3-4-19-11)20(16,17)8-5-7(10(14)15)18-9(8)12/h5H,3-4,6H2,1-2H3,(H,14,15). The number of halogens is 1. The molecule has 0 aliphatic carbocycles. The van der Waals surface area contributed by atoms with Crippen LogP contribution in [-0.2, 0) is 10.0 Å². The van der Waals surface area contributed by atoms with Gasteiger partial charge in [0, 0.05) is 29.7 Å². The van der Waals surface area contributed by atoms with E-state index in [9.17, 15) is 13.2 Å². The maximum Gasteiger partial charge on any atom is 0.371 e. The fourth-order valence-corrected chi connectivity index (χ4v) is 5.76. The van der Waals surface area contributed by atoms with Crippen molar-refractivity contribution in [3.63, 3.8) is 0 Å². The second kappa shape index (κ2) is 5.36. The van der Waals surface area contributed by atoms with Gasteiger partial charge in [0.25, 0.3) is 0 Å². The van der Waals surface area contributed by atoms with Crippen molar-refractivity contribution in [3.8, 4) is 0 Å². The van der Waals surface area contributed by atoms with E-state index >= 15 is 0 Å². The van der Waals surface area contributed by atoms with E-state index in [1.807, 2.05) is 13.8 Å². The van der Waals surface area contributed by atoms with E-state index in [1.165, 1.54) is 4.31 Å². The monoisotopic (exact) mass is 383 g/mol. The van der Waals surface area contributed by atoms with Crippen LogP contribution in [0, 0.1) is 0 Å². The summed E-state index contributed by atoms with van der Waals surface area (Å²) in [6, 6.07) is 1.04. The van der Waals surface area contributed by atoms with Crippen molar-refractivity contribution in [1.82, 2.24) is 4.31 Å². The van der Waals surface area contributed by atoms with E-state index in [4.69, 9.17) is 9.52 Å². The largest absolute Gasteiger partial charge is 0.475 e. The van der Waals surface area contributed by atoms with Crippen LogP contribution >= 0.6 is 27.7 Å². The second-order valence-electron chi connectivity index (χ2n) is 5.00. The second-order valence-corrected chi connectivity index (χ2v) is 9.43. The van der Waals surface area contributed by atoms with Gasteiger partial charge in [-0.15, -0.1) is 0 Å². The molecule has 2 heterocycles. The number of sulfonamides is 1. The summed E-state index contributed by atoms with van der Waals surface area (Å²) in [4.78, 5) is 10.7. The normalized spacial score (nSPS) is 19.9. The van der Waals surface area contributed by atoms with E-state index in [-0.39, 0.29) is 14.3 Å². The van der Waals surface area contributed by atoms with Crippen LogP contribution < -0.4 is 0 Å². The van der Waals surface area contributed by atoms with Gasteiger partial charge in [0.2, 0.25) is 15.8 Å². The highest BCUT2D eigenvalue weighted by Gasteiger charge is 2.37. The molecule has 0 spiro atoms. The first-order valence-corrected chi connectivity index (χ1v) is 9.02. The minimum Gasteiger partial charge on any atom is -0.475 e. The van der Waals surface area contributed by atoms with E-state index in [1.54, 1.807) is 11.8 Å². The Bertz CT molecular complexity index is 637. The average Bonchev–Trinajstić information content (AvgIpc) is 2.71. The Labute approximate surface area is 129 Å². The number of carboxylic acid groups (broad SMARTS) is 1. The van der Waals surface area contributed by atoms with Crippen LogP contribution in [0.5, 0.6) is 0 Å². The summed E-state index contributed by atoms with van der Waals surface area (Å²) in [5.74, 6) is -1.00. The molecule has 1 fully saturated rings. The van der Waals surface area contributed by atoms with Crippen LogP contribution in [0.3, 0.4) is 0 Å². The molecule has 0 aromatic carbocycles. The zero-order valence-electron chi connectivity index (χ0n) is 10.9. The quantitative estimate of drug-likeness (QED) is 0.860. The van der Waals surface area contributed by atoms with Crippen LogP contribution in [0.1, 0.15) is 24.4 Å². The van der Waals surface area contributed by atoms with Gasteiger partial charge in [0.05, 0.1) is 0 Å². The van der Waals surface area contributed by atoms with Crippen molar-refractivity contribution < 1.29 is 22.7 Å². The van der Waals surface area contributed by atoms with Gasteiger partial charge in [0.15, 0.2) is 4.67 Å². The molecular weight excluding hydrogens is 370 g/mol. The molecule has 1 aliphatic heterocycles. The van der Waals surface area contributed by atoms with Gasteiger partial charge >= 0.3 is 5.97 Å². The molecule has 20 heavy (non-hydrogen) atoms. The summed E-state index contributed by atoms with van der Waals surface area (Å²) in [5.41, 5.74) is 0. The van der Waals surface area contributed by atoms with Crippen LogP contribution in [0.2, 0.25) is 0 Å². The molecule has 1 aromatic rings. The predicted octanol–water partition coefficient (Wildman–Crippen LogP) is 2.26. The van der Waals surface area contributed by atoms with Gasteiger partial charge in [-0.25, -0.2) is 13.2 Å². The zero-order chi connectivity index (χ0) is 15.1. The molecule has 1 aromatic heterocycles. The number of aromatic carboxylic acids is 1. The molecule has 0 radical (unpaired) electrons. The smallest absolute Gasteiger partial charge is 0.371 e. The first-order chi connectivity index (χ1) is 9.13. The summed E-state index contributed by atoms with van der Waals surface area (Å²) in [7, 11) is -3.76. The minimum atomic E-state index is -3.76. The third-order valence-corrected chi connectivity index (χ3v) is 6.87. The van der Waals surface area contributed by atoms with Crippen LogP contribution in [0.25, 0.3) is 0 Å². The number of hydrogen-bond acceptors (Lipinski definition) is 5. The van der Waals surface area contributed by atoms with E-state index in [0.29, 0.717) is 18.8 Å². The first-order valence-electron chi connectivity index (χ1n) is 5.80. The van der Waals surface area contributed by atoms with E-state index in [2.05, 4.69) is 15.9 Å². The lowest BCUT2D eigenvalue weighted by molar-refractivity contribution is 0.0661. The molecule has 1 N–H and O–H groups in total. The number of nitrogens with zero attached hydrogens (tertiary/aromatic N) is 1. The SMILES string of the molecule is CC1(C)CN(S(=O)(=O)c2cc(C(=O)O)oc2Br)CCS1. The van der Waals surface area contributed by atoms with Crippen LogP contribution in [0.15, 0.2) is 20.0 Å². The number of thioether (sulfide) groups is 1. The number of hydrogen-bond donors (Lipinski definition) is 1. The summed E-state index contributed by atoms with van der Waals surface area (Å²) in [6.07, 6.45) is 0. The lowest BCUT2D eigenvalue weighted by atomic mass is 10.2. The van der Waals surface area contributed by atoms with Crippen molar-refractivity contribution in [2.45, 2.75) is 23.5 Å². The van der Waals surface area contributed by atoms with Crippen molar-refractivity contribution in [2.24, 2.45) is 0 Å². The van der Waals surface area contributed by atoms with Crippen molar-refractivity contribution in [3.05, 3.63) is 16.5 Å². The van der Waals surface area contributed by atoms with E-state index in [0.717, 1.165) is 6.07 Å². The topological polar surface area (TPSA) is 87.8 Å². The van der Waals surface area contributed by atoms with Gasteiger partial charge in [-0.3, -0.25) is 0 Å². The first kappa shape index (κ1) is 15.9. The summed E-state index contributed by atoms with van der Waals surface area (Å²) < 4.78 is 31.2. The number of carboxylic acids is 1. The molecule has 0 atom stereocenters. The molecule has 9 heteroatoms. The number of carbonyl (C=O) groups is 1. The highest BCUT2D eigenvalue weighted by atomic mass is 79.9. The van der Waals surface area contributed by atoms with E-state index < -0.39 is 21.8 Å². The third kappa shape index (κ3) is 3.05. The molecular formula is C11H14BrNO5S2. The van der Waals surface area contributed by atoms with Crippen molar-refractivity contribution in [1.29, 1.82) is 0 Å². The number of furan rings is 1. The Morgan fingerprint density at radius 2 is 2.20 bits per heavy atom. The fourth-order valence-electron chi connectivity index (χ4n) is 1.95. The van der Waals surface area contributed by atoms with Crippen LogP contribution in [-0.4, -0.2) is 47.4 Å². The van der Waals surface area contributed by atoms with Gasteiger partial charge in [-0.05, 0) is 29.8 Å². The van der Waals surface area contributed by atoms with Crippen LogP contribution in [0.4, 0.5) is 0 Å². The molecule has 2 rings (SSSR count). The Kier molecular flexibility index (Phi) is 4.25. The number of rotatable bonds is 3. The predicted molar refractivity (Wildman–Crippen MR) is 78.7 cm³/mol. The molecule has 0 amide bonds. The highest BCUT2D eigenvalue weighted by molar-refractivity contribution is 9.10. The highest BCUT2D eigenvalue weighted by Crippen LogP contribution is 2.35. The molecule has 0 saturated carbocycles. The lowest BCUT2D eigenvalue weighted by Crippen LogP contribution is -2.46.